The molecule has 3 saturated heterocycles. The Morgan fingerprint density at radius 1 is 0.667 bits per heavy atom. The maximum atomic E-state index is 11.1. The van der Waals surface area contributed by atoms with Crippen molar-refractivity contribution in [1.82, 2.24) is 0 Å². The molecule has 3 aliphatic rings. The Hall–Kier alpha value is -0.720. The lowest BCUT2D eigenvalue weighted by atomic mass is 9.89. The molecule has 0 radical (unpaired) electrons. The Kier molecular flexibility index (Phi) is 11.0. The first-order valence-electron chi connectivity index (χ1n) is 12.2. The SMILES string of the molecule is CC1(O)OC(C(O)CO)C(O)C(OC2OC(CO)C(O)C(O)C2O)C1OC1OC(C(O)CO)C(O)C(O)C1O. The lowest BCUT2D eigenvalue weighted by Gasteiger charge is -2.52. The predicted molar refractivity (Wildman–Crippen MR) is 118 cm³/mol. The van der Waals surface area contributed by atoms with Gasteiger partial charge in [-0.15, -0.1) is 0 Å². The molecule has 3 heterocycles. The minimum absolute atomic E-state index is 0.832. The van der Waals surface area contributed by atoms with Crippen LogP contribution >= 0.6 is 0 Å². The largest absolute Gasteiger partial charge is 0.394 e. The monoisotopic (exact) mass is 578 g/mol. The van der Waals surface area contributed by atoms with Crippen LogP contribution in [0, 0.1) is 0 Å². The molecule has 13 N–H and O–H groups in total. The first-order valence-corrected chi connectivity index (χ1v) is 12.2. The normalized spacial score (nSPS) is 50.9. The van der Waals surface area contributed by atoms with E-state index in [1.807, 2.05) is 0 Å². The average molecular weight is 579 g/mol. The van der Waals surface area contributed by atoms with Gasteiger partial charge in [-0.1, -0.05) is 0 Å². The summed E-state index contributed by atoms with van der Waals surface area (Å²) < 4.78 is 27.1. The number of aliphatic hydroxyl groups excluding tert-OH is 12. The maximum Gasteiger partial charge on any atom is 0.192 e. The molecule has 17 unspecified atom stereocenters. The Balaban J connectivity index is 1.94. The first-order chi connectivity index (χ1) is 18.2. The topological polar surface area (TPSA) is 309 Å². The average Bonchev–Trinajstić information content (AvgIpc) is 2.91. The second-order valence-electron chi connectivity index (χ2n) is 9.92. The van der Waals surface area contributed by atoms with Gasteiger partial charge in [-0.2, -0.15) is 0 Å². The highest BCUT2D eigenvalue weighted by atomic mass is 16.8. The van der Waals surface area contributed by atoms with Crippen molar-refractivity contribution in [1.29, 1.82) is 0 Å². The van der Waals surface area contributed by atoms with Crippen LogP contribution in [0.25, 0.3) is 0 Å². The summed E-state index contributed by atoms with van der Waals surface area (Å²) in [5.41, 5.74) is 0. The van der Waals surface area contributed by atoms with Gasteiger partial charge in [-0.25, -0.2) is 0 Å². The maximum absolute atomic E-state index is 11.1. The molecule has 0 aliphatic carbocycles. The highest BCUT2D eigenvalue weighted by Crippen LogP contribution is 2.37. The zero-order chi connectivity index (χ0) is 29.4. The Labute approximate surface area is 221 Å². The number of rotatable bonds is 9. The number of hydrogen-bond acceptors (Lipinski definition) is 18. The zero-order valence-electron chi connectivity index (χ0n) is 20.7. The fourth-order valence-electron chi connectivity index (χ4n) is 4.74. The summed E-state index contributed by atoms with van der Waals surface area (Å²) in [7, 11) is 0. The van der Waals surface area contributed by atoms with Gasteiger partial charge in [0.15, 0.2) is 18.4 Å². The molecule has 0 amide bonds. The van der Waals surface area contributed by atoms with Crippen molar-refractivity contribution in [3.05, 3.63) is 0 Å². The van der Waals surface area contributed by atoms with Crippen LogP contribution in [0.3, 0.4) is 0 Å². The van der Waals surface area contributed by atoms with Crippen LogP contribution in [0.2, 0.25) is 0 Å². The van der Waals surface area contributed by atoms with E-state index in [0.29, 0.717) is 0 Å². The van der Waals surface area contributed by atoms with Crippen molar-refractivity contribution >= 4 is 0 Å². The van der Waals surface area contributed by atoms with E-state index in [1.165, 1.54) is 0 Å². The van der Waals surface area contributed by atoms with Gasteiger partial charge < -0.3 is 90.1 Å². The molecule has 18 heteroatoms. The van der Waals surface area contributed by atoms with Gasteiger partial charge in [-0.05, 0) is 6.92 Å². The fraction of sp³-hybridized carbons (Fsp3) is 1.00. The van der Waals surface area contributed by atoms with E-state index in [1.54, 1.807) is 0 Å². The van der Waals surface area contributed by atoms with Gasteiger partial charge in [0.25, 0.3) is 0 Å². The molecule has 230 valence electrons. The summed E-state index contributed by atoms with van der Waals surface area (Å²) >= 11 is 0. The molecule has 3 aliphatic heterocycles. The fourth-order valence-corrected chi connectivity index (χ4v) is 4.74. The van der Waals surface area contributed by atoms with Crippen molar-refractivity contribution in [2.24, 2.45) is 0 Å². The van der Waals surface area contributed by atoms with Gasteiger partial charge in [-0.3, -0.25) is 0 Å². The molecule has 0 saturated carbocycles. The van der Waals surface area contributed by atoms with Crippen molar-refractivity contribution in [3.8, 4) is 0 Å². The third-order valence-corrected chi connectivity index (χ3v) is 7.03. The molecular weight excluding hydrogens is 540 g/mol. The van der Waals surface area contributed by atoms with Crippen molar-refractivity contribution in [2.75, 3.05) is 19.8 Å². The highest BCUT2D eigenvalue weighted by molar-refractivity contribution is 5.01. The molecule has 3 fully saturated rings. The minimum Gasteiger partial charge on any atom is -0.394 e. The van der Waals surface area contributed by atoms with Gasteiger partial charge in [0, 0.05) is 0 Å². The molecule has 0 aromatic rings. The van der Waals surface area contributed by atoms with Crippen molar-refractivity contribution in [3.63, 3.8) is 0 Å². The van der Waals surface area contributed by atoms with E-state index < -0.39 is 124 Å². The van der Waals surface area contributed by atoms with Crippen molar-refractivity contribution < 1.29 is 90.1 Å². The van der Waals surface area contributed by atoms with E-state index in [0.717, 1.165) is 6.92 Å². The zero-order valence-corrected chi connectivity index (χ0v) is 20.7. The molecule has 0 aromatic heterocycles. The molecule has 39 heavy (non-hydrogen) atoms. The molecule has 0 spiro atoms. The van der Waals surface area contributed by atoms with Gasteiger partial charge in [0.05, 0.1) is 19.8 Å². The summed E-state index contributed by atoms with van der Waals surface area (Å²) in [6, 6.07) is 0. The summed E-state index contributed by atoms with van der Waals surface area (Å²) in [4.78, 5) is 0. The second-order valence-corrected chi connectivity index (χ2v) is 9.92. The lowest BCUT2D eigenvalue weighted by Crippen LogP contribution is -2.71. The smallest absolute Gasteiger partial charge is 0.192 e. The van der Waals surface area contributed by atoms with Crippen LogP contribution in [-0.2, 0) is 23.7 Å². The second kappa shape index (κ2) is 13.1. The molecule has 17 atom stereocenters. The summed E-state index contributed by atoms with van der Waals surface area (Å²) in [5.74, 6) is -2.56. The van der Waals surface area contributed by atoms with Gasteiger partial charge >= 0.3 is 0 Å². The molecule has 18 nitrogen and oxygen atoms in total. The summed E-state index contributed by atoms with van der Waals surface area (Å²) in [6.07, 6.45) is -29.8. The number of aliphatic hydroxyl groups is 13. The van der Waals surface area contributed by atoms with E-state index in [4.69, 9.17) is 23.7 Å². The van der Waals surface area contributed by atoms with Crippen LogP contribution in [0.1, 0.15) is 6.92 Å². The number of ether oxygens (including phenoxy) is 5. The van der Waals surface area contributed by atoms with E-state index in [-0.39, 0.29) is 0 Å². The van der Waals surface area contributed by atoms with Crippen LogP contribution in [0.4, 0.5) is 0 Å². The van der Waals surface area contributed by atoms with Gasteiger partial charge in [0.2, 0.25) is 0 Å². The number of hydrogen-bond donors (Lipinski definition) is 13. The summed E-state index contributed by atoms with van der Waals surface area (Å²) in [5, 5.41) is 132. The van der Waals surface area contributed by atoms with Crippen LogP contribution in [0.5, 0.6) is 0 Å². The third kappa shape index (κ3) is 6.53. The van der Waals surface area contributed by atoms with E-state index in [9.17, 15) is 66.4 Å². The minimum atomic E-state index is -2.56. The van der Waals surface area contributed by atoms with Crippen LogP contribution < -0.4 is 0 Å². The van der Waals surface area contributed by atoms with Gasteiger partial charge in [0.1, 0.15) is 85.5 Å². The third-order valence-electron chi connectivity index (χ3n) is 7.03. The van der Waals surface area contributed by atoms with Crippen molar-refractivity contribution in [2.45, 2.75) is 111 Å². The molecule has 0 bridgehead atoms. The summed E-state index contributed by atoms with van der Waals surface area (Å²) in [6.45, 7) is -1.75. The molecule has 3 rings (SSSR count). The van der Waals surface area contributed by atoms with E-state index in [2.05, 4.69) is 0 Å². The molecule has 0 aromatic carbocycles. The Bertz CT molecular complexity index is 771. The quantitative estimate of drug-likeness (QED) is 0.121. The highest BCUT2D eigenvalue weighted by Gasteiger charge is 2.59. The Morgan fingerprint density at radius 2 is 1.18 bits per heavy atom. The van der Waals surface area contributed by atoms with E-state index >= 15 is 0 Å². The lowest BCUT2D eigenvalue weighted by molar-refractivity contribution is -0.417. The molecular formula is C21H38O18. The van der Waals surface area contributed by atoms with Crippen LogP contribution in [-0.4, -0.2) is 190 Å². The Morgan fingerprint density at radius 3 is 1.72 bits per heavy atom. The predicted octanol–water partition coefficient (Wildman–Crippen LogP) is -8.46. The van der Waals surface area contributed by atoms with Crippen LogP contribution in [0.15, 0.2) is 0 Å². The standard InChI is InChI=1S/C21H38O18/c1-21(34)18(38-20-13(32)10(29)11(30)15(36-20)5(25)2-22)17(14(33)16(39-21)6(26)3-23)37-19-12(31)9(28)8(27)7(4-24)35-19/h5-20,22-34H,2-4H2,1H3. The first kappa shape index (κ1) is 32.8.